The fourth-order valence-corrected chi connectivity index (χ4v) is 2.11. The van der Waals surface area contributed by atoms with Gasteiger partial charge in [-0.2, -0.15) is 8.78 Å². The first-order valence-corrected chi connectivity index (χ1v) is 6.09. The summed E-state index contributed by atoms with van der Waals surface area (Å²) in [4.78, 5) is 11.3. The van der Waals surface area contributed by atoms with Crippen LogP contribution in [0.5, 0.6) is 0 Å². The molecule has 1 heterocycles. The summed E-state index contributed by atoms with van der Waals surface area (Å²) in [5.41, 5.74) is 0.728. The Balaban J connectivity index is 2.31. The zero-order valence-corrected chi connectivity index (χ0v) is 10.4. The number of aliphatic hydroxyl groups is 1. The van der Waals surface area contributed by atoms with Crippen molar-refractivity contribution in [1.29, 1.82) is 0 Å². The van der Waals surface area contributed by atoms with E-state index in [0.717, 1.165) is 6.07 Å². The second-order valence-electron chi connectivity index (χ2n) is 4.70. The molecule has 2 N–H and O–H groups in total. The van der Waals surface area contributed by atoms with E-state index in [-0.39, 0.29) is 11.5 Å². The van der Waals surface area contributed by atoms with Crippen LogP contribution < -0.4 is 5.32 Å². The fraction of sp³-hybridized carbons (Fsp3) is 0.462. The molecule has 1 aromatic rings. The van der Waals surface area contributed by atoms with Gasteiger partial charge in [-0.05, 0) is 30.0 Å². The molecule has 0 spiro atoms. The van der Waals surface area contributed by atoms with Crippen molar-refractivity contribution >= 4 is 11.6 Å². The molecule has 1 amide bonds. The number of hydrogen-bond donors (Lipinski definition) is 2. The molecule has 20 heavy (non-hydrogen) atoms. The number of carbonyl (C=O) groups excluding carboxylic acids is 1. The summed E-state index contributed by atoms with van der Waals surface area (Å²) in [5.74, 6) is -4.70. The molecular weight excluding hydrogens is 278 g/mol. The number of hydrogen-bond acceptors (Lipinski definition) is 2. The largest absolute Gasteiger partial charge is 0.382 e. The third-order valence-corrected chi connectivity index (χ3v) is 3.22. The minimum atomic E-state index is -4.51. The predicted octanol–water partition coefficient (Wildman–Crippen LogP) is 2.90. The molecule has 1 aliphatic rings. The van der Waals surface area contributed by atoms with Crippen molar-refractivity contribution in [3.8, 4) is 0 Å². The van der Waals surface area contributed by atoms with Gasteiger partial charge in [-0.15, -0.1) is 0 Å². The highest BCUT2D eigenvalue weighted by atomic mass is 19.3. The summed E-state index contributed by atoms with van der Waals surface area (Å²) in [6, 6.07) is 3.70. The molecule has 1 aromatic carbocycles. The van der Waals surface area contributed by atoms with Gasteiger partial charge in [0.1, 0.15) is 6.10 Å². The number of fused-ring (bicyclic) bond motifs is 1. The first kappa shape index (κ1) is 14.8. The van der Waals surface area contributed by atoms with Crippen LogP contribution >= 0.6 is 0 Å². The molecule has 0 fully saturated rings. The SMILES string of the molecule is O=C1CCCc2cc(C(O)C(F)(F)C(F)F)ccc2N1. The summed E-state index contributed by atoms with van der Waals surface area (Å²) in [5, 5.41) is 12.0. The molecule has 0 aliphatic carbocycles. The normalized spacial score (nSPS) is 17.4. The zero-order valence-electron chi connectivity index (χ0n) is 10.4. The summed E-state index contributed by atoms with van der Waals surface area (Å²) >= 11 is 0. The second kappa shape index (κ2) is 5.40. The van der Waals surface area contributed by atoms with E-state index in [2.05, 4.69) is 5.32 Å². The van der Waals surface area contributed by atoms with Crippen molar-refractivity contribution in [2.45, 2.75) is 37.7 Å². The van der Waals surface area contributed by atoms with E-state index >= 15 is 0 Å². The Morgan fingerprint density at radius 3 is 2.60 bits per heavy atom. The van der Waals surface area contributed by atoms with E-state index < -0.39 is 18.5 Å². The Morgan fingerprint density at radius 2 is 1.95 bits per heavy atom. The molecule has 110 valence electrons. The van der Waals surface area contributed by atoms with Gasteiger partial charge in [0.15, 0.2) is 0 Å². The fourth-order valence-electron chi connectivity index (χ4n) is 2.11. The van der Waals surface area contributed by atoms with E-state index in [9.17, 15) is 27.5 Å². The maximum Gasteiger partial charge on any atom is 0.336 e. The highest BCUT2D eigenvalue weighted by molar-refractivity contribution is 5.92. The van der Waals surface area contributed by atoms with Crippen molar-refractivity contribution < 1.29 is 27.5 Å². The maximum absolute atomic E-state index is 13.1. The van der Waals surface area contributed by atoms with Crippen molar-refractivity contribution in [2.24, 2.45) is 0 Å². The molecule has 0 saturated carbocycles. The molecule has 1 atom stereocenters. The molecule has 1 aliphatic heterocycles. The summed E-state index contributed by atoms with van der Waals surface area (Å²) in [6.45, 7) is 0. The number of anilines is 1. The number of benzene rings is 1. The Morgan fingerprint density at radius 1 is 1.25 bits per heavy atom. The van der Waals surface area contributed by atoms with E-state index in [1.54, 1.807) is 0 Å². The van der Waals surface area contributed by atoms with Gasteiger partial charge in [-0.3, -0.25) is 4.79 Å². The molecule has 1 unspecified atom stereocenters. The molecule has 3 nitrogen and oxygen atoms in total. The van der Waals surface area contributed by atoms with Gasteiger partial charge < -0.3 is 10.4 Å². The smallest absolute Gasteiger partial charge is 0.336 e. The van der Waals surface area contributed by atoms with Crippen LogP contribution in [-0.2, 0) is 11.2 Å². The number of alkyl halides is 4. The highest BCUT2D eigenvalue weighted by Crippen LogP contribution is 2.37. The lowest BCUT2D eigenvalue weighted by Crippen LogP contribution is -2.34. The van der Waals surface area contributed by atoms with Crippen LogP contribution in [0.4, 0.5) is 23.2 Å². The minimum Gasteiger partial charge on any atom is -0.382 e. The summed E-state index contributed by atoms with van der Waals surface area (Å²) in [7, 11) is 0. The molecule has 7 heteroatoms. The van der Waals surface area contributed by atoms with Gasteiger partial charge >= 0.3 is 12.3 Å². The van der Waals surface area contributed by atoms with Gasteiger partial charge in [0.05, 0.1) is 0 Å². The van der Waals surface area contributed by atoms with Crippen LogP contribution in [0.2, 0.25) is 0 Å². The summed E-state index contributed by atoms with van der Waals surface area (Å²) < 4.78 is 50.7. The van der Waals surface area contributed by atoms with E-state index in [4.69, 9.17) is 0 Å². The van der Waals surface area contributed by atoms with Gasteiger partial charge in [0.25, 0.3) is 0 Å². The number of carbonyl (C=O) groups is 1. The molecule has 0 saturated heterocycles. The third-order valence-electron chi connectivity index (χ3n) is 3.22. The van der Waals surface area contributed by atoms with E-state index in [1.807, 2.05) is 0 Å². The number of aryl methyl sites for hydroxylation is 1. The van der Waals surface area contributed by atoms with E-state index in [0.29, 0.717) is 30.5 Å². The topological polar surface area (TPSA) is 49.3 Å². The Hall–Kier alpha value is -1.63. The van der Waals surface area contributed by atoms with Crippen LogP contribution in [0.1, 0.15) is 30.1 Å². The number of nitrogens with one attached hydrogen (secondary N) is 1. The van der Waals surface area contributed by atoms with Gasteiger partial charge in [0, 0.05) is 12.1 Å². The highest BCUT2D eigenvalue weighted by Gasteiger charge is 2.48. The van der Waals surface area contributed by atoms with Crippen molar-refractivity contribution in [3.05, 3.63) is 29.3 Å². The van der Waals surface area contributed by atoms with Gasteiger partial charge in [-0.1, -0.05) is 12.1 Å². The Kier molecular flexibility index (Phi) is 3.99. The molecule has 0 bridgehead atoms. The number of rotatable bonds is 3. The molecule has 0 radical (unpaired) electrons. The predicted molar refractivity (Wildman–Crippen MR) is 63.9 cm³/mol. The van der Waals surface area contributed by atoms with Crippen LogP contribution in [-0.4, -0.2) is 23.4 Å². The average molecular weight is 291 g/mol. The van der Waals surface area contributed by atoms with E-state index in [1.165, 1.54) is 12.1 Å². The zero-order chi connectivity index (χ0) is 14.9. The Bertz CT molecular complexity index is 519. The molecule has 0 aromatic heterocycles. The lowest BCUT2D eigenvalue weighted by atomic mass is 9.98. The number of halogens is 4. The molecule has 2 rings (SSSR count). The first-order chi connectivity index (χ1) is 9.32. The second-order valence-corrected chi connectivity index (χ2v) is 4.70. The molecular formula is C13H13F4NO2. The van der Waals surface area contributed by atoms with Crippen LogP contribution in [0.3, 0.4) is 0 Å². The number of aliphatic hydroxyl groups excluding tert-OH is 1. The quantitative estimate of drug-likeness (QED) is 0.841. The van der Waals surface area contributed by atoms with Crippen LogP contribution in [0, 0.1) is 0 Å². The van der Waals surface area contributed by atoms with Gasteiger partial charge in [0.2, 0.25) is 5.91 Å². The lowest BCUT2D eigenvalue weighted by molar-refractivity contribution is -0.193. The summed E-state index contributed by atoms with van der Waals surface area (Å²) in [6.07, 6.45) is -5.24. The minimum absolute atomic E-state index is 0.185. The van der Waals surface area contributed by atoms with Crippen molar-refractivity contribution in [3.63, 3.8) is 0 Å². The Labute approximate surface area is 112 Å². The monoisotopic (exact) mass is 291 g/mol. The lowest BCUT2D eigenvalue weighted by Gasteiger charge is -2.22. The van der Waals surface area contributed by atoms with Crippen LogP contribution in [0.15, 0.2) is 18.2 Å². The maximum atomic E-state index is 13.1. The standard InChI is InChI=1S/C13H13F4NO2/c14-12(15)13(16,17)11(20)8-4-5-9-7(6-8)2-1-3-10(19)18-9/h4-6,11-12,20H,1-3H2,(H,18,19). The average Bonchev–Trinajstić information content (AvgIpc) is 2.57. The van der Waals surface area contributed by atoms with Crippen LogP contribution in [0.25, 0.3) is 0 Å². The van der Waals surface area contributed by atoms with Gasteiger partial charge in [-0.25, -0.2) is 8.78 Å². The third kappa shape index (κ3) is 2.77. The number of amides is 1. The van der Waals surface area contributed by atoms with Crippen molar-refractivity contribution in [1.82, 2.24) is 0 Å². The first-order valence-electron chi connectivity index (χ1n) is 6.09. The van der Waals surface area contributed by atoms with Crippen molar-refractivity contribution in [2.75, 3.05) is 5.32 Å².